The van der Waals surface area contributed by atoms with Crippen LogP contribution in [-0.4, -0.2) is 25.4 Å². The van der Waals surface area contributed by atoms with Gasteiger partial charge in [0.25, 0.3) is 15.6 Å². The Balaban J connectivity index is 1.70. The monoisotopic (exact) mass is 433 g/mol. The van der Waals surface area contributed by atoms with Crippen LogP contribution in [0.4, 0.5) is 0 Å². The lowest BCUT2D eigenvalue weighted by Gasteiger charge is -2.07. The van der Waals surface area contributed by atoms with Gasteiger partial charge in [-0.25, -0.2) is 15.2 Å². The average molecular weight is 433 g/mol. The van der Waals surface area contributed by atoms with Crippen LogP contribution in [0.25, 0.3) is 39.9 Å². The minimum absolute atomic E-state index is 0.189. The molecule has 0 aliphatic rings. The van der Waals surface area contributed by atoms with Crippen LogP contribution in [0.2, 0.25) is 0 Å². The number of nitrogens with one attached hydrogen (secondary N) is 2. The van der Waals surface area contributed by atoms with Crippen molar-refractivity contribution < 1.29 is 13.4 Å². The quantitative estimate of drug-likeness (QED) is 0.319. The molecule has 8 nitrogen and oxygen atoms in total. The minimum atomic E-state index is 0.189. The Morgan fingerprint density at radius 2 is 1.57 bits per heavy atom. The number of nitrogens with zero attached hydrogens (tertiary/aromatic N) is 4. The van der Waals surface area contributed by atoms with Gasteiger partial charge in [0.2, 0.25) is 17.8 Å². The van der Waals surface area contributed by atoms with Crippen molar-refractivity contribution in [3.05, 3.63) is 76.8 Å². The Labute approximate surface area is 179 Å². The largest absolute Gasteiger partial charge is 0.409 e. The van der Waals surface area contributed by atoms with Gasteiger partial charge in [0.15, 0.2) is 11.9 Å². The normalized spacial score (nSPS) is 10.9. The predicted molar refractivity (Wildman–Crippen MR) is 113 cm³/mol. The first-order valence-corrected chi connectivity index (χ1v) is 9.68. The number of aromatic nitrogens is 6. The number of hydrogen-bond donors (Lipinski definition) is 2. The van der Waals surface area contributed by atoms with Gasteiger partial charge in [0.05, 0.1) is 11.8 Å². The number of aromatic amines is 2. The van der Waals surface area contributed by atoms with E-state index < -0.39 is 0 Å². The van der Waals surface area contributed by atoms with E-state index in [0.717, 1.165) is 22.4 Å². The second-order valence-corrected chi connectivity index (χ2v) is 7.02. The van der Waals surface area contributed by atoms with Crippen LogP contribution in [-0.2, 0) is 0 Å². The minimum Gasteiger partial charge on any atom is -0.409 e. The molecule has 146 valence electrons. The van der Waals surface area contributed by atoms with Crippen LogP contribution in [0.1, 0.15) is 0 Å². The van der Waals surface area contributed by atoms with Crippen LogP contribution < -0.4 is 4.57 Å². The fourth-order valence-corrected chi connectivity index (χ4v) is 3.34. The number of rotatable bonds is 4. The van der Waals surface area contributed by atoms with Gasteiger partial charge in [-0.15, -0.1) is 10.2 Å². The number of H-pyrrole nitrogens is 2. The average Bonchev–Trinajstić information content (AvgIpc) is 3.42. The summed E-state index contributed by atoms with van der Waals surface area (Å²) in [5.74, 6) is 0.721. The third-order valence-corrected chi connectivity index (χ3v) is 4.75. The maximum absolute atomic E-state index is 5.49. The van der Waals surface area contributed by atoms with Gasteiger partial charge in [-0.3, -0.25) is 0 Å². The molecule has 5 rings (SSSR count). The molecule has 2 aromatic carbocycles. The smallest absolute Gasteiger partial charge is 0.284 e. The van der Waals surface area contributed by atoms with Crippen molar-refractivity contribution in [2.24, 2.45) is 0 Å². The Kier molecular flexibility index (Phi) is 4.62. The van der Waals surface area contributed by atoms with Crippen molar-refractivity contribution in [1.29, 1.82) is 0 Å². The zero-order valence-electron chi connectivity index (χ0n) is 15.3. The van der Waals surface area contributed by atoms with Crippen molar-refractivity contribution in [2.45, 2.75) is 0 Å². The first-order valence-electron chi connectivity index (χ1n) is 8.86. The topological polar surface area (TPSA) is 100 Å². The third-order valence-electron chi connectivity index (χ3n) is 4.41. The molecular weight excluding hydrogens is 420 g/mol. The SMILES string of the molecule is S=c1[nH]nc(-c2ccc(-c3ccccc3)c(-[n+]3ccnc(-c4n[nH]c(=S)o4)c3)c2)o1. The highest BCUT2D eigenvalue weighted by molar-refractivity contribution is 7.71. The molecule has 0 amide bonds. The van der Waals surface area contributed by atoms with Crippen LogP contribution >= 0.6 is 24.4 Å². The Morgan fingerprint density at radius 3 is 2.27 bits per heavy atom. The molecule has 0 atom stereocenters. The Morgan fingerprint density at radius 1 is 0.833 bits per heavy atom. The molecule has 0 aliphatic heterocycles. The molecule has 0 aliphatic carbocycles. The second kappa shape index (κ2) is 7.58. The van der Waals surface area contributed by atoms with Crippen LogP contribution in [0, 0.1) is 9.67 Å². The molecule has 10 heteroatoms. The summed E-state index contributed by atoms with van der Waals surface area (Å²) < 4.78 is 12.8. The van der Waals surface area contributed by atoms with Crippen molar-refractivity contribution in [3.63, 3.8) is 0 Å². The first-order chi connectivity index (χ1) is 14.7. The van der Waals surface area contributed by atoms with E-state index in [9.17, 15) is 0 Å². The van der Waals surface area contributed by atoms with Crippen LogP contribution in [0.15, 0.2) is 76.0 Å². The summed E-state index contributed by atoms with van der Waals surface area (Å²) in [6, 6.07) is 16.0. The van der Waals surface area contributed by atoms with Crippen molar-refractivity contribution in [2.75, 3.05) is 0 Å². The highest BCUT2D eigenvalue weighted by Gasteiger charge is 2.20. The maximum atomic E-state index is 5.49. The molecule has 30 heavy (non-hydrogen) atoms. The fourth-order valence-electron chi connectivity index (χ4n) is 3.09. The van der Waals surface area contributed by atoms with E-state index in [1.807, 2.05) is 65.5 Å². The van der Waals surface area contributed by atoms with E-state index in [1.54, 1.807) is 6.20 Å². The lowest BCUT2D eigenvalue weighted by molar-refractivity contribution is -0.595. The van der Waals surface area contributed by atoms with Gasteiger partial charge in [-0.1, -0.05) is 30.3 Å². The number of benzene rings is 2. The van der Waals surface area contributed by atoms with Gasteiger partial charge < -0.3 is 8.83 Å². The summed E-state index contributed by atoms with van der Waals surface area (Å²) in [4.78, 5) is 4.75. The van der Waals surface area contributed by atoms with Gasteiger partial charge in [0, 0.05) is 11.6 Å². The highest BCUT2D eigenvalue weighted by Crippen LogP contribution is 2.28. The van der Waals surface area contributed by atoms with Crippen molar-refractivity contribution in [3.8, 4) is 39.9 Å². The molecule has 0 unspecified atom stereocenters. The second-order valence-electron chi connectivity index (χ2n) is 6.28. The molecule has 3 heterocycles. The van der Waals surface area contributed by atoms with Gasteiger partial charge >= 0.3 is 0 Å². The molecule has 0 saturated carbocycles. The fraction of sp³-hybridized carbons (Fsp3) is 0. The van der Waals surface area contributed by atoms with Crippen LogP contribution in [0.3, 0.4) is 0 Å². The summed E-state index contributed by atoms with van der Waals surface area (Å²) in [6.45, 7) is 0. The van der Waals surface area contributed by atoms with Crippen LogP contribution in [0.5, 0.6) is 0 Å². The summed E-state index contributed by atoms with van der Waals surface area (Å²) in [7, 11) is 0. The third kappa shape index (κ3) is 3.49. The van der Waals surface area contributed by atoms with E-state index >= 15 is 0 Å². The zero-order chi connectivity index (χ0) is 20.5. The van der Waals surface area contributed by atoms with Crippen molar-refractivity contribution >= 4 is 24.4 Å². The van der Waals surface area contributed by atoms with Gasteiger partial charge in [-0.2, -0.15) is 4.57 Å². The van der Waals surface area contributed by atoms with Crippen molar-refractivity contribution in [1.82, 2.24) is 25.4 Å². The van der Waals surface area contributed by atoms with E-state index in [1.165, 1.54) is 0 Å². The van der Waals surface area contributed by atoms with Gasteiger partial charge in [0.1, 0.15) is 0 Å². The molecule has 0 saturated heterocycles. The summed E-state index contributed by atoms with van der Waals surface area (Å²) in [5, 5.41) is 13.5. The molecule has 0 fully saturated rings. The zero-order valence-corrected chi connectivity index (χ0v) is 16.9. The molecule has 2 N–H and O–H groups in total. The van der Waals surface area contributed by atoms with E-state index in [-0.39, 0.29) is 9.67 Å². The van der Waals surface area contributed by atoms with E-state index in [2.05, 4.69) is 25.4 Å². The molecule has 3 aromatic heterocycles. The summed E-state index contributed by atoms with van der Waals surface area (Å²) in [6.07, 6.45) is 5.33. The lowest BCUT2D eigenvalue weighted by atomic mass is 10.0. The van der Waals surface area contributed by atoms with Gasteiger partial charge in [-0.05, 0) is 42.1 Å². The first kappa shape index (κ1) is 18.3. The molecule has 0 bridgehead atoms. The van der Waals surface area contributed by atoms with E-state index in [4.69, 9.17) is 33.3 Å². The standard InChI is InChI=1S/C20H12N6O2S2/c29-19-24-22-17(27-19)13-6-7-14(12-4-2-1-3-5-12)16(10-13)26-9-8-21-15(11-26)18-23-25-20(30)28-18/h1-11H,(H-,21,24,25,29,30)/p+1. The highest BCUT2D eigenvalue weighted by atomic mass is 32.1. The van der Waals surface area contributed by atoms with E-state index in [0.29, 0.717) is 17.5 Å². The molecular formula is C20H13N6O2S2+. The summed E-state index contributed by atoms with van der Waals surface area (Å²) in [5.41, 5.74) is 4.27. The Hall–Kier alpha value is -3.76. The summed E-state index contributed by atoms with van der Waals surface area (Å²) >= 11 is 9.98. The lowest BCUT2D eigenvalue weighted by Crippen LogP contribution is -2.31. The number of hydrogen-bond acceptors (Lipinski definition) is 7. The maximum Gasteiger partial charge on any atom is 0.284 e. The molecule has 0 spiro atoms. The molecule has 0 radical (unpaired) electrons. The predicted octanol–water partition coefficient (Wildman–Crippen LogP) is 4.45. The Bertz CT molecular complexity index is 1450. The molecule has 5 aromatic rings.